The van der Waals surface area contributed by atoms with E-state index < -0.39 is 5.60 Å². The standard InChI is InChI=1S/C27H50N2O3/c1-19(28-32-17-7-6-16-29(4)5)22-12-15-27(31)24-9-8-20-18-21(30)10-13-25(20,2)23(24)11-14-26(22,27)3/h19-24,28,30-31H,6-18H2,1-5H3/t19?,20?,21?,22-,23+,24-,25+,26-,27-/m1/s1. The van der Waals surface area contributed by atoms with Crippen LogP contribution in [0, 0.1) is 34.5 Å². The van der Waals surface area contributed by atoms with Crippen molar-refractivity contribution in [2.75, 3.05) is 27.2 Å². The van der Waals surface area contributed by atoms with Gasteiger partial charge in [-0.25, -0.2) is 0 Å². The topological polar surface area (TPSA) is 65.0 Å². The van der Waals surface area contributed by atoms with Gasteiger partial charge in [0, 0.05) is 11.5 Å². The van der Waals surface area contributed by atoms with Gasteiger partial charge in [0.15, 0.2) is 0 Å². The van der Waals surface area contributed by atoms with Crippen molar-refractivity contribution < 1.29 is 15.1 Å². The Morgan fingerprint density at radius 1 is 1.00 bits per heavy atom. The van der Waals surface area contributed by atoms with E-state index in [1.165, 1.54) is 12.8 Å². The van der Waals surface area contributed by atoms with Crippen LogP contribution in [0.15, 0.2) is 0 Å². The quantitative estimate of drug-likeness (QED) is 0.378. The van der Waals surface area contributed by atoms with Crippen molar-refractivity contribution in [1.82, 2.24) is 10.4 Å². The summed E-state index contributed by atoms with van der Waals surface area (Å²) in [5.41, 5.74) is 3.08. The van der Waals surface area contributed by atoms with E-state index >= 15 is 0 Å². The van der Waals surface area contributed by atoms with E-state index in [2.05, 4.69) is 45.2 Å². The Hall–Kier alpha value is -0.200. The van der Waals surface area contributed by atoms with Crippen LogP contribution < -0.4 is 5.48 Å². The lowest BCUT2D eigenvalue weighted by molar-refractivity contribution is -0.213. The predicted octanol–water partition coefficient (Wildman–Crippen LogP) is 4.37. The number of aliphatic hydroxyl groups is 2. The third kappa shape index (κ3) is 4.19. The summed E-state index contributed by atoms with van der Waals surface area (Å²) in [7, 11) is 4.23. The summed E-state index contributed by atoms with van der Waals surface area (Å²) in [5, 5.41) is 22.6. The largest absolute Gasteiger partial charge is 0.393 e. The molecule has 9 atom stereocenters. The van der Waals surface area contributed by atoms with Crippen LogP contribution in [-0.4, -0.2) is 60.1 Å². The van der Waals surface area contributed by atoms with Gasteiger partial charge in [-0.1, -0.05) is 13.8 Å². The monoisotopic (exact) mass is 450 g/mol. The minimum atomic E-state index is -0.549. The molecule has 0 heterocycles. The van der Waals surface area contributed by atoms with Crippen molar-refractivity contribution in [3.05, 3.63) is 0 Å². The zero-order valence-electron chi connectivity index (χ0n) is 21.4. The fraction of sp³-hybridized carbons (Fsp3) is 1.00. The van der Waals surface area contributed by atoms with Crippen LogP contribution in [-0.2, 0) is 4.84 Å². The molecule has 0 saturated heterocycles. The van der Waals surface area contributed by atoms with Crippen LogP contribution in [0.3, 0.4) is 0 Å². The zero-order chi connectivity index (χ0) is 23.1. The molecule has 4 rings (SSSR count). The molecule has 4 saturated carbocycles. The molecule has 0 bridgehead atoms. The van der Waals surface area contributed by atoms with Gasteiger partial charge < -0.3 is 20.0 Å². The summed E-state index contributed by atoms with van der Waals surface area (Å²) in [6.07, 6.45) is 11.9. The first-order valence-corrected chi connectivity index (χ1v) is 13.5. The molecule has 0 amide bonds. The summed E-state index contributed by atoms with van der Waals surface area (Å²) in [6.45, 7) is 8.99. The van der Waals surface area contributed by atoms with E-state index in [4.69, 9.17) is 4.84 Å². The molecule has 4 fully saturated rings. The molecule has 186 valence electrons. The van der Waals surface area contributed by atoms with Gasteiger partial charge in [0.2, 0.25) is 0 Å². The van der Waals surface area contributed by atoms with Crippen molar-refractivity contribution >= 4 is 0 Å². The van der Waals surface area contributed by atoms with E-state index in [0.29, 0.717) is 29.1 Å². The number of nitrogens with one attached hydrogen (secondary N) is 1. The summed E-state index contributed by atoms with van der Waals surface area (Å²) in [6, 6.07) is 0.260. The van der Waals surface area contributed by atoms with E-state index in [1.54, 1.807) is 0 Å². The Balaban J connectivity index is 1.39. The van der Waals surface area contributed by atoms with Gasteiger partial charge in [-0.15, -0.1) is 0 Å². The maximum Gasteiger partial charge on any atom is 0.0735 e. The van der Waals surface area contributed by atoms with E-state index in [0.717, 1.165) is 70.9 Å². The van der Waals surface area contributed by atoms with E-state index in [9.17, 15) is 10.2 Å². The number of hydrogen-bond donors (Lipinski definition) is 3. The molecule has 0 aromatic heterocycles. The number of rotatable bonds is 8. The van der Waals surface area contributed by atoms with Crippen LogP contribution in [0.25, 0.3) is 0 Å². The van der Waals surface area contributed by atoms with Crippen molar-refractivity contribution in [1.29, 1.82) is 0 Å². The van der Waals surface area contributed by atoms with Crippen molar-refractivity contribution in [3.8, 4) is 0 Å². The first kappa shape index (κ1) is 24.9. The van der Waals surface area contributed by atoms with Crippen LogP contribution in [0.2, 0.25) is 0 Å². The second-order valence-electron chi connectivity index (χ2n) is 12.7. The number of aliphatic hydroxyl groups excluding tert-OH is 1. The first-order valence-electron chi connectivity index (χ1n) is 13.5. The Kier molecular flexibility index (Phi) is 7.36. The highest BCUT2D eigenvalue weighted by Crippen LogP contribution is 2.69. The lowest BCUT2D eigenvalue weighted by atomic mass is 9.43. The fourth-order valence-corrected chi connectivity index (χ4v) is 8.92. The van der Waals surface area contributed by atoms with Gasteiger partial charge in [0.05, 0.1) is 18.3 Å². The molecular weight excluding hydrogens is 400 g/mol. The summed E-state index contributed by atoms with van der Waals surface area (Å²) >= 11 is 0. The highest BCUT2D eigenvalue weighted by Gasteiger charge is 2.67. The van der Waals surface area contributed by atoms with Crippen LogP contribution in [0.1, 0.15) is 91.4 Å². The maximum atomic E-state index is 12.3. The molecule has 0 spiro atoms. The molecule has 4 aliphatic rings. The van der Waals surface area contributed by atoms with Crippen molar-refractivity contribution in [2.24, 2.45) is 34.5 Å². The Morgan fingerprint density at radius 3 is 2.53 bits per heavy atom. The normalized spacial score (nSPS) is 47.1. The summed E-state index contributed by atoms with van der Waals surface area (Å²) < 4.78 is 0. The highest BCUT2D eigenvalue weighted by atomic mass is 16.6. The van der Waals surface area contributed by atoms with Gasteiger partial charge in [-0.05, 0) is 127 Å². The average molecular weight is 451 g/mol. The minimum Gasteiger partial charge on any atom is -0.393 e. The molecule has 0 radical (unpaired) electrons. The predicted molar refractivity (Wildman–Crippen MR) is 129 cm³/mol. The van der Waals surface area contributed by atoms with Gasteiger partial charge in [-0.2, -0.15) is 5.48 Å². The Morgan fingerprint density at radius 2 is 1.78 bits per heavy atom. The van der Waals surface area contributed by atoms with Gasteiger partial charge >= 0.3 is 0 Å². The maximum absolute atomic E-state index is 12.3. The highest BCUT2D eigenvalue weighted by molar-refractivity contribution is 5.17. The van der Waals surface area contributed by atoms with Gasteiger partial charge in [0.1, 0.15) is 0 Å². The number of hydrogen-bond acceptors (Lipinski definition) is 5. The number of nitrogens with zero attached hydrogens (tertiary/aromatic N) is 1. The molecule has 0 aromatic carbocycles. The van der Waals surface area contributed by atoms with Gasteiger partial charge in [0.25, 0.3) is 0 Å². The molecule has 5 heteroatoms. The fourth-order valence-electron chi connectivity index (χ4n) is 8.92. The average Bonchev–Trinajstić information content (AvgIpc) is 3.02. The molecule has 0 aromatic rings. The number of unbranched alkanes of at least 4 members (excludes halogenated alkanes) is 1. The Labute approximate surface area is 196 Å². The van der Waals surface area contributed by atoms with E-state index in [-0.39, 0.29) is 17.6 Å². The van der Waals surface area contributed by atoms with Crippen LogP contribution in [0.5, 0.6) is 0 Å². The number of fused-ring (bicyclic) bond motifs is 5. The summed E-state index contributed by atoms with van der Waals surface area (Å²) in [4.78, 5) is 8.10. The molecule has 0 aliphatic heterocycles. The second-order valence-corrected chi connectivity index (χ2v) is 12.7. The molecule has 4 aliphatic carbocycles. The molecule has 3 unspecified atom stereocenters. The van der Waals surface area contributed by atoms with Gasteiger partial charge in [-0.3, -0.25) is 0 Å². The molecule has 5 nitrogen and oxygen atoms in total. The van der Waals surface area contributed by atoms with E-state index in [1.807, 2.05) is 0 Å². The van der Waals surface area contributed by atoms with Crippen molar-refractivity contribution in [2.45, 2.75) is 109 Å². The van der Waals surface area contributed by atoms with Crippen LogP contribution >= 0.6 is 0 Å². The third-order valence-corrected chi connectivity index (χ3v) is 10.9. The lowest BCUT2D eigenvalue weighted by Crippen LogP contribution is -2.63. The lowest BCUT2D eigenvalue weighted by Gasteiger charge is -2.63. The van der Waals surface area contributed by atoms with Crippen molar-refractivity contribution in [3.63, 3.8) is 0 Å². The third-order valence-electron chi connectivity index (χ3n) is 10.9. The molecular formula is C27H50N2O3. The summed E-state index contributed by atoms with van der Waals surface area (Å²) in [5.74, 6) is 2.12. The second kappa shape index (κ2) is 9.45. The molecule has 32 heavy (non-hydrogen) atoms. The SMILES string of the molecule is CC(NOCCCCN(C)C)[C@H]1CC[C@@]2(O)[C@@H]3CCC4CC(O)CC[C@]4(C)[C@H]3CC[C@]12C. The smallest absolute Gasteiger partial charge is 0.0735 e. The zero-order valence-corrected chi connectivity index (χ0v) is 21.4. The minimum absolute atomic E-state index is 0.0355. The molecule has 3 N–H and O–H groups in total. The van der Waals surface area contributed by atoms with Crippen LogP contribution in [0.4, 0.5) is 0 Å². The number of hydroxylamine groups is 1. The first-order chi connectivity index (χ1) is 15.1. The Bertz CT molecular complexity index is 644.